The average molecular weight is 313 g/mol. The van der Waals surface area contributed by atoms with Crippen LogP contribution in [-0.4, -0.2) is 5.91 Å². The number of benzene rings is 1. The van der Waals surface area contributed by atoms with Gasteiger partial charge in [0.2, 0.25) is 11.7 Å². The lowest BCUT2D eigenvalue weighted by molar-refractivity contribution is -0.152. The number of hydrogen-bond donors (Lipinski definition) is 1. The highest BCUT2D eigenvalue weighted by Crippen LogP contribution is 2.30. The second-order valence-corrected chi connectivity index (χ2v) is 5.89. The van der Waals surface area contributed by atoms with Crippen LogP contribution in [0.1, 0.15) is 26.5 Å². The zero-order valence-corrected chi connectivity index (χ0v) is 12.2. The first-order chi connectivity index (χ1) is 9.98. The predicted molar refractivity (Wildman–Crippen MR) is 75.6 cm³/mol. The molecule has 0 aliphatic heterocycles. The molecule has 0 unspecified atom stereocenters. The molecule has 1 aromatic carbocycles. The van der Waals surface area contributed by atoms with Gasteiger partial charge in [-0.25, -0.2) is 0 Å². The van der Waals surface area contributed by atoms with Crippen LogP contribution in [0, 0.1) is 5.41 Å². The maximum atomic E-state index is 12.6. The third-order valence-corrected chi connectivity index (χ3v) is 2.95. The monoisotopic (exact) mass is 313 g/mol. The molecule has 1 N–H and O–H groups in total. The van der Waals surface area contributed by atoms with Crippen molar-refractivity contribution >= 4 is 22.6 Å². The van der Waals surface area contributed by atoms with E-state index < -0.39 is 22.8 Å². The number of hydrogen-bond acceptors (Lipinski definition) is 3. The van der Waals surface area contributed by atoms with E-state index in [0.717, 1.165) is 0 Å². The molecule has 0 saturated carbocycles. The Balaban J connectivity index is 2.47. The molecule has 22 heavy (non-hydrogen) atoms. The Morgan fingerprint density at radius 2 is 1.77 bits per heavy atom. The van der Waals surface area contributed by atoms with Gasteiger partial charge in [0.1, 0.15) is 5.58 Å². The van der Waals surface area contributed by atoms with Crippen LogP contribution in [-0.2, 0) is 11.0 Å². The van der Waals surface area contributed by atoms with Crippen LogP contribution in [0.5, 0.6) is 0 Å². The second-order valence-electron chi connectivity index (χ2n) is 5.89. The van der Waals surface area contributed by atoms with E-state index in [1.807, 2.05) is 0 Å². The molecule has 2 rings (SSSR count). The van der Waals surface area contributed by atoms with Crippen molar-refractivity contribution in [2.75, 3.05) is 5.32 Å². The Morgan fingerprint density at radius 3 is 2.32 bits per heavy atom. The van der Waals surface area contributed by atoms with Gasteiger partial charge in [0.25, 0.3) is 0 Å². The minimum atomic E-state index is -4.73. The molecule has 118 valence electrons. The summed E-state index contributed by atoms with van der Waals surface area (Å²) in [6.07, 6.45) is -4.73. The molecule has 0 aliphatic rings. The zero-order valence-electron chi connectivity index (χ0n) is 12.2. The normalized spacial score (nSPS) is 12.5. The van der Waals surface area contributed by atoms with Gasteiger partial charge in [-0.2, -0.15) is 13.2 Å². The summed E-state index contributed by atoms with van der Waals surface area (Å²) in [7, 11) is 0. The van der Waals surface area contributed by atoms with Gasteiger partial charge in [-0.3, -0.25) is 9.59 Å². The first kappa shape index (κ1) is 16.1. The molecule has 0 fully saturated rings. The number of halogens is 3. The van der Waals surface area contributed by atoms with E-state index in [0.29, 0.717) is 11.8 Å². The summed E-state index contributed by atoms with van der Waals surface area (Å²) >= 11 is 0. The second kappa shape index (κ2) is 5.15. The smallest absolute Gasteiger partial charge is 0.449 e. The van der Waals surface area contributed by atoms with Gasteiger partial charge >= 0.3 is 6.18 Å². The highest BCUT2D eigenvalue weighted by atomic mass is 19.4. The first-order valence-electron chi connectivity index (χ1n) is 6.45. The van der Waals surface area contributed by atoms with Gasteiger partial charge in [-0.1, -0.05) is 20.8 Å². The molecule has 4 nitrogen and oxygen atoms in total. The fourth-order valence-electron chi connectivity index (χ4n) is 1.69. The molecule has 0 aliphatic carbocycles. The topological polar surface area (TPSA) is 59.3 Å². The van der Waals surface area contributed by atoms with Crippen molar-refractivity contribution in [2.24, 2.45) is 5.41 Å². The summed E-state index contributed by atoms with van der Waals surface area (Å²) in [5, 5.41) is 2.58. The zero-order chi connectivity index (χ0) is 16.7. The lowest BCUT2D eigenvalue weighted by Crippen LogP contribution is -2.27. The Hall–Kier alpha value is -2.31. The van der Waals surface area contributed by atoms with Crippen LogP contribution in [0.3, 0.4) is 0 Å². The highest BCUT2D eigenvalue weighted by Gasteiger charge is 2.35. The van der Waals surface area contributed by atoms with E-state index in [-0.39, 0.29) is 16.9 Å². The summed E-state index contributed by atoms with van der Waals surface area (Å²) in [6.45, 7) is 5.15. The maximum absolute atomic E-state index is 12.6. The Kier molecular flexibility index (Phi) is 3.76. The lowest BCUT2D eigenvalue weighted by Gasteiger charge is -2.17. The van der Waals surface area contributed by atoms with Gasteiger partial charge < -0.3 is 9.73 Å². The minimum absolute atomic E-state index is 0.0280. The van der Waals surface area contributed by atoms with Crippen LogP contribution in [0.15, 0.2) is 33.5 Å². The fraction of sp³-hybridized carbons (Fsp3) is 0.333. The van der Waals surface area contributed by atoms with Gasteiger partial charge in [-0.15, -0.1) is 0 Å². The third kappa shape index (κ3) is 3.29. The molecule has 0 atom stereocenters. The van der Waals surface area contributed by atoms with Crippen molar-refractivity contribution in [3.8, 4) is 0 Å². The molecule has 0 bridgehead atoms. The summed E-state index contributed by atoms with van der Waals surface area (Å²) < 4.78 is 42.5. The number of anilines is 1. The number of carbonyl (C=O) groups is 1. The number of alkyl halides is 3. The molecule has 0 spiro atoms. The quantitative estimate of drug-likeness (QED) is 0.871. The number of nitrogens with one attached hydrogen (secondary N) is 1. The molecular formula is C15H14F3NO3. The Bertz CT molecular complexity index is 785. The van der Waals surface area contributed by atoms with E-state index in [1.54, 1.807) is 20.8 Å². The Morgan fingerprint density at radius 1 is 1.14 bits per heavy atom. The molecule has 7 heteroatoms. The van der Waals surface area contributed by atoms with Crippen LogP contribution >= 0.6 is 0 Å². The fourth-order valence-corrected chi connectivity index (χ4v) is 1.69. The number of amides is 1. The van der Waals surface area contributed by atoms with Gasteiger partial charge in [0, 0.05) is 17.2 Å². The lowest BCUT2D eigenvalue weighted by atomic mass is 9.95. The molecule has 2 aromatic rings. The van der Waals surface area contributed by atoms with Crippen molar-refractivity contribution in [2.45, 2.75) is 26.9 Å². The van der Waals surface area contributed by atoms with Gasteiger partial charge in [0.05, 0.1) is 5.39 Å². The van der Waals surface area contributed by atoms with Gasteiger partial charge in [-0.05, 0) is 18.2 Å². The van der Waals surface area contributed by atoms with Crippen molar-refractivity contribution in [1.29, 1.82) is 0 Å². The standard InChI is InChI=1S/C15H14F3NO3/c1-14(2,3)13(21)19-8-4-5-11-9(6-8)10(20)7-12(22-11)15(16,17)18/h4-7H,1-3H3,(H,19,21). The third-order valence-electron chi connectivity index (χ3n) is 2.95. The van der Waals surface area contributed by atoms with Gasteiger partial charge in [0.15, 0.2) is 5.43 Å². The van der Waals surface area contributed by atoms with E-state index >= 15 is 0 Å². The summed E-state index contributed by atoms with van der Waals surface area (Å²) in [6, 6.07) is 4.31. The van der Waals surface area contributed by atoms with Crippen molar-refractivity contribution < 1.29 is 22.4 Å². The van der Waals surface area contributed by atoms with Crippen LogP contribution < -0.4 is 10.7 Å². The van der Waals surface area contributed by atoms with Crippen LogP contribution in [0.4, 0.5) is 18.9 Å². The molecular weight excluding hydrogens is 299 g/mol. The average Bonchev–Trinajstić information content (AvgIpc) is 2.37. The SMILES string of the molecule is CC(C)(C)C(=O)Nc1ccc2oc(C(F)(F)F)cc(=O)c2c1. The summed E-state index contributed by atoms with van der Waals surface area (Å²) in [4.78, 5) is 23.7. The molecule has 1 heterocycles. The Labute approximate surface area is 123 Å². The summed E-state index contributed by atoms with van der Waals surface area (Å²) in [5.41, 5.74) is -1.33. The van der Waals surface area contributed by atoms with Crippen molar-refractivity contribution in [3.05, 3.63) is 40.2 Å². The van der Waals surface area contributed by atoms with Crippen LogP contribution in [0.25, 0.3) is 11.0 Å². The van der Waals surface area contributed by atoms with E-state index in [1.165, 1.54) is 18.2 Å². The van der Waals surface area contributed by atoms with Crippen molar-refractivity contribution in [1.82, 2.24) is 0 Å². The highest BCUT2D eigenvalue weighted by molar-refractivity contribution is 5.96. The molecule has 0 saturated heterocycles. The maximum Gasteiger partial charge on any atom is 0.449 e. The predicted octanol–water partition coefficient (Wildman–Crippen LogP) is 3.80. The summed E-state index contributed by atoms with van der Waals surface area (Å²) in [5.74, 6) is -1.63. The first-order valence-corrected chi connectivity index (χ1v) is 6.45. The molecule has 0 radical (unpaired) electrons. The largest absolute Gasteiger partial charge is 0.451 e. The molecule has 1 amide bonds. The molecule has 1 aromatic heterocycles. The number of rotatable bonds is 1. The number of fused-ring (bicyclic) bond motifs is 1. The minimum Gasteiger partial charge on any atom is -0.451 e. The van der Waals surface area contributed by atoms with E-state index in [2.05, 4.69) is 5.32 Å². The van der Waals surface area contributed by atoms with E-state index in [4.69, 9.17) is 4.42 Å². The van der Waals surface area contributed by atoms with Crippen molar-refractivity contribution in [3.63, 3.8) is 0 Å². The van der Waals surface area contributed by atoms with E-state index in [9.17, 15) is 22.8 Å². The van der Waals surface area contributed by atoms with Crippen LogP contribution in [0.2, 0.25) is 0 Å². The number of carbonyl (C=O) groups excluding carboxylic acids is 1.